The number of para-hydroxylation sites is 1. The molecule has 1 fully saturated rings. The molecule has 0 unspecified atom stereocenters. The summed E-state index contributed by atoms with van der Waals surface area (Å²) in [6, 6.07) is 11.1. The molecule has 3 rings (SSSR count). The summed E-state index contributed by atoms with van der Waals surface area (Å²) in [5.74, 6) is 2.07. The molecular weight excluding hydrogens is 380 g/mol. The molecule has 3 N–H and O–H groups in total. The van der Waals surface area contributed by atoms with Crippen LogP contribution in [0.3, 0.4) is 0 Å². The molecule has 29 heavy (non-hydrogen) atoms. The SMILES string of the molecule is CC(C)c1ccccc1NC(=S)NC1CCC(Nc2nccc(N(C)C)n2)CC1. The Morgan fingerprint density at radius 3 is 2.45 bits per heavy atom. The highest BCUT2D eigenvalue weighted by atomic mass is 32.1. The van der Waals surface area contributed by atoms with Crippen molar-refractivity contribution in [1.29, 1.82) is 0 Å². The zero-order chi connectivity index (χ0) is 20.8. The van der Waals surface area contributed by atoms with Crippen molar-refractivity contribution in [2.24, 2.45) is 0 Å². The number of hydrogen-bond acceptors (Lipinski definition) is 5. The third kappa shape index (κ3) is 6.03. The van der Waals surface area contributed by atoms with Gasteiger partial charge >= 0.3 is 0 Å². The van der Waals surface area contributed by atoms with Gasteiger partial charge in [-0.15, -0.1) is 0 Å². The first-order valence-electron chi connectivity index (χ1n) is 10.4. The van der Waals surface area contributed by atoms with Gasteiger partial charge in [0.2, 0.25) is 5.95 Å². The number of rotatable bonds is 6. The molecule has 1 aromatic heterocycles. The molecular formula is C22H32N6S. The molecule has 0 spiro atoms. The van der Waals surface area contributed by atoms with Gasteiger partial charge in [-0.3, -0.25) is 0 Å². The second-order valence-corrected chi connectivity index (χ2v) is 8.57. The van der Waals surface area contributed by atoms with Crippen molar-refractivity contribution >= 4 is 34.8 Å². The van der Waals surface area contributed by atoms with Crippen molar-refractivity contribution in [3.05, 3.63) is 42.1 Å². The zero-order valence-electron chi connectivity index (χ0n) is 17.8. The standard InChI is InChI=1S/C22H32N6S/c1-15(2)18-7-5-6-8-19(18)26-22(29)25-17-11-9-16(10-12-17)24-21-23-14-13-20(27-21)28(3)4/h5-8,13-17H,9-12H2,1-4H3,(H,23,24,27)(H2,25,26,29). The minimum Gasteiger partial charge on any atom is -0.363 e. The Balaban J connectivity index is 1.47. The summed E-state index contributed by atoms with van der Waals surface area (Å²) < 4.78 is 0. The minimum atomic E-state index is 0.397. The molecule has 0 atom stereocenters. The van der Waals surface area contributed by atoms with Gasteiger partial charge < -0.3 is 20.9 Å². The van der Waals surface area contributed by atoms with Crippen LogP contribution in [0.15, 0.2) is 36.5 Å². The van der Waals surface area contributed by atoms with E-state index in [9.17, 15) is 0 Å². The summed E-state index contributed by atoms with van der Waals surface area (Å²) in [6.45, 7) is 4.40. The fourth-order valence-corrected chi connectivity index (χ4v) is 3.97. The summed E-state index contributed by atoms with van der Waals surface area (Å²) in [7, 11) is 3.97. The first-order valence-corrected chi connectivity index (χ1v) is 10.8. The third-order valence-corrected chi connectivity index (χ3v) is 5.55. The number of anilines is 3. The van der Waals surface area contributed by atoms with E-state index in [1.807, 2.05) is 31.1 Å². The Bertz CT molecular complexity index is 814. The van der Waals surface area contributed by atoms with Gasteiger partial charge in [-0.05, 0) is 61.5 Å². The number of nitrogens with zero attached hydrogens (tertiary/aromatic N) is 3. The van der Waals surface area contributed by atoms with Crippen molar-refractivity contribution in [3.8, 4) is 0 Å². The smallest absolute Gasteiger partial charge is 0.224 e. The first-order chi connectivity index (χ1) is 13.9. The normalized spacial score (nSPS) is 18.9. The molecule has 0 radical (unpaired) electrons. The van der Waals surface area contributed by atoms with E-state index in [0.717, 1.165) is 37.2 Å². The van der Waals surface area contributed by atoms with Gasteiger partial charge in [-0.1, -0.05) is 32.0 Å². The molecule has 1 heterocycles. The third-order valence-electron chi connectivity index (χ3n) is 5.33. The molecule has 6 nitrogen and oxygen atoms in total. The zero-order valence-corrected chi connectivity index (χ0v) is 18.6. The largest absolute Gasteiger partial charge is 0.363 e. The fourth-order valence-electron chi connectivity index (χ4n) is 3.69. The topological polar surface area (TPSA) is 65.1 Å². The van der Waals surface area contributed by atoms with Gasteiger partial charge in [-0.2, -0.15) is 4.98 Å². The lowest BCUT2D eigenvalue weighted by molar-refractivity contribution is 0.387. The van der Waals surface area contributed by atoms with Gasteiger partial charge in [0.05, 0.1) is 0 Å². The van der Waals surface area contributed by atoms with E-state index in [1.165, 1.54) is 5.56 Å². The second kappa shape index (κ2) is 9.87. The summed E-state index contributed by atoms with van der Waals surface area (Å²) in [4.78, 5) is 10.9. The van der Waals surface area contributed by atoms with E-state index in [0.29, 0.717) is 29.1 Å². The predicted octanol–water partition coefficient (Wildman–Crippen LogP) is 4.38. The van der Waals surface area contributed by atoms with Crippen molar-refractivity contribution in [3.63, 3.8) is 0 Å². The maximum Gasteiger partial charge on any atom is 0.224 e. The molecule has 0 saturated heterocycles. The Morgan fingerprint density at radius 1 is 1.07 bits per heavy atom. The lowest BCUT2D eigenvalue weighted by Gasteiger charge is -2.30. The predicted molar refractivity (Wildman–Crippen MR) is 126 cm³/mol. The van der Waals surface area contributed by atoms with E-state index in [2.05, 4.69) is 58.0 Å². The van der Waals surface area contributed by atoms with E-state index < -0.39 is 0 Å². The first kappa shape index (κ1) is 21.3. The monoisotopic (exact) mass is 412 g/mol. The van der Waals surface area contributed by atoms with Crippen molar-refractivity contribution in [2.45, 2.75) is 57.5 Å². The lowest BCUT2D eigenvalue weighted by atomic mass is 9.91. The molecule has 1 saturated carbocycles. The number of nitrogens with one attached hydrogen (secondary N) is 3. The average Bonchev–Trinajstić information content (AvgIpc) is 2.70. The van der Waals surface area contributed by atoms with Crippen LogP contribution in [0.5, 0.6) is 0 Å². The van der Waals surface area contributed by atoms with Crippen molar-refractivity contribution in [1.82, 2.24) is 15.3 Å². The second-order valence-electron chi connectivity index (χ2n) is 8.17. The molecule has 1 aromatic carbocycles. The highest BCUT2D eigenvalue weighted by molar-refractivity contribution is 7.80. The maximum absolute atomic E-state index is 5.57. The Morgan fingerprint density at radius 2 is 1.76 bits per heavy atom. The average molecular weight is 413 g/mol. The van der Waals surface area contributed by atoms with Crippen LogP contribution in [0.2, 0.25) is 0 Å². The molecule has 0 amide bonds. The molecule has 7 heteroatoms. The Labute approximate surface area is 179 Å². The molecule has 1 aliphatic carbocycles. The van der Waals surface area contributed by atoms with Crippen LogP contribution >= 0.6 is 12.2 Å². The summed E-state index contributed by atoms with van der Waals surface area (Å²) in [5.41, 5.74) is 2.37. The van der Waals surface area contributed by atoms with Crippen LogP contribution in [0.4, 0.5) is 17.5 Å². The van der Waals surface area contributed by atoms with Gasteiger partial charge in [0.1, 0.15) is 5.82 Å². The summed E-state index contributed by atoms with van der Waals surface area (Å²) >= 11 is 5.57. The molecule has 1 aliphatic rings. The van der Waals surface area contributed by atoms with E-state index >= 15 is 0 Å². The van der Waals surface area contributed by atoms with Crippen LogP contribution in [-0.2, 0) is 0 Å². The number of benzene rings is 1. The van der Waals surface area contributed by atoms with E-state index in [1.54, 1.807) is 6.20 Å². The fraction of sp³-hybridized carbons (Fsp3) is 0.500. The van der Waals surface area contributed by atoms with Crippen LogP contribution in [0.25, 0.3) is 0 Å². The highest BCUT2D eigenvalue weighted by Gasteiger charge is 2.22. The van der Waals surface area contributed by atoms with E-state index in [4.69, 9.17) is 12.2 Å². The van der Waals surface area contributed by atoms with Crippen LogP contribution < -0.4 is 20.9 Å². The molecule has 156 valence electrons. The minimum absolute atomic E-state index is 0.397. The Kier molecular flexibility index (Phi) is 7.25. The van der Waals surface area contributed by atoms with Crippen LogP contribution in [0.1, 0.15) is 51.0 Å². The van der Waals surface area contributed by atoms with Gasteiger partial charge in [0.25, 0.3) is 0 Å². The quantitative estimate of drug-likeness (QED) is 0.609. The molecule has 0 aliphatic heterocycles. The maximum atomic E-state index is 5.57. The van der Waals surface area contributed by atoms with Crippen molar-refractivity contribution in [2.75, 3.05) is 29.6 Å². The number of aromatic nitrogens is 2. The lowest BCUT2D eigenvalue weighted by Crippen LogP contribution is -2.42. The summed E-state index contributed by atoms with van der Waals surface area (Å²) in [5, 5.41) is 11.1. The number of thiocarbonyl (C=S) groups is 1. The van der Waals surface area contributed by atoms with E-state index in [-0.39, 0.29) is 0 Å². The molecule has 2 aromatic rings. The van der Waals surface area contributed by atoms with Crippen LogP contribution in [0, 0.1) is 0 Å². The number of hydrogen-bond donors (Lipinski definition) is 3. The molecule has 0 bridgehead atoms. The van der Waals surface area contributed by atoms with Gasteiger partial charge in [-0.25, -0.2) is 4.98 Å². The van der Waals surface area contributed by atoms with Gasteiger partial charge in [0.15, 0.2) is 5.11 Å². The van der Waals surface area contributed by atoms with Crippen molar-refractivity contribution < 1.29 is 0 Å². The summed E-state index contributed by atoms with van der Waals surface area (Å²) in [6.07, 6.45) is 6.07. The van der Waals surface area contributed by atoms with Crippen LogP contribution in [-0.4, -0.2) is 41.3 Å². The van der Waals surface area contributed by atoms with Gasteiger partial charge in [0, 0.05) is 38.1 Å². The highest BCUT2D eigenvalue weighted by Crippen LogP contribution is 2.25. The Hall–Kier alpha value is -2.41.